The Bertz CT molecular complexity index is 505. The zero-order valence-corrected chi connectivity index (χ0v) is 14.4. The first-order chi connectivity index (χ1) is 10.8. The molecule has 5 heteroatoms. The molecule has 2 N–H and O–H groups in total. The van der Waals surface area contributed by atoms with Crippen molar-refractivity contribution in [3.05, 3.63) is 29.6 Å². The lowest BCUT2D eigenvalue weighted by Crippen LogP contribution is -2.32. The van der Waals surface area contributed by atoms with E-state index in [9.17, 15) is 14.3 Å². The zero-order chi connectivity index (χ0) is 17.4. The Morgan fingerprint density at radius 2 is 2.00 bits per heavy atom. The van der Waals surface area contributed by atoms with E-state index in [0.29, 0.717) is 25.4 Å². The molecular weight excluding hydrogens is 297 g/mol. The second-order valence-corrected chi connectivity index (χ2v) is 6.60. The second kappa shape index (κ2) is 9.50. The molecule has 4 nitrogen and oxygen atoms in total. The van der Waals surface area contributed by atoms with Gasteiger partial charge in [0.2, 0.25) is 0 Å². The Morgan fingerprint density at radius 3 is 2.52 bits per heavy atom. The van der Waals surface area contributed by atoms with Crippen LogP contribution in [0.2, 0.25) is 0 Å². The Labute approximate surface area is 138 Å². The summed E-state index contributed by atoms with van der Waals surface area (Å²) >= 11 is 0. The van der Waals surface area contributed by atoms with E-state index in [1.165, 1.54) is 13.2 Å². The third-order valence-corrected chi connectivity index (χ3v) is 3.79. The number of methoxy groups -OCH3 is 1. The maximum absolute atomic E-state index is 13.7. The van der Waals surface area contributed by atoms with Gasteiger partial charge in [0.25, 0.3) is 0 Å². The van der Waals surface area contributed by atoms with Crippen LogP contribution in [0.25, 0.3) is 0 Å². The van der Waals surface area contributed by atoms with Crippen LogP contribution >= 0.6 is 0 Å². The van der Waals surface area contributed by atoms with Gasteiger partial charge in [-0.05, 0) is 48.9 Å². The van der Waals surface area contributed by atoms with Crippen molar-refractivity contribution in [2.45, 2.75) is 33.6 Å². The molecule has 0 aliphatic carbocycles. The zero-order valence-electron chi connectivity index (χ0n) is 14.4. The van der Waals surface area contributed by atoms with Gasteiger partial charge in [-0.25, -0.2) is 4.39 Å². The Balaban J connectivity index is 2.43. The summed E-state index contributed by atoms with van der Waals surface area (Å²) in [6.07, 6.45) is 1.40. The maximum Gasteiger partial charge on any atom is 0.307 e. The SMILES string of the molecule is COc1ccc(CC(C)CNCC(CC(C)C)C(=O)O)cc1F. The number of aliphatic carboxylic acids is 1. The maximum atomic E-state index is 13.7. The molecule has 1 aromatic rings. The van der Waals surface area contributed by atoms with E-state index < -0.39 is 5.97 Å². The lowest BCUT2D eigenvalue weighted by Gasteiger charge is -2.18. The van der Waals surface area contributed by atoms with Crippen LogP contribution in [0, 0.1) is 23.6 Å². The molecule has 0 heterocycles. The van der Waals surface area contributed by atoms with Gasteiger partial charge < -0.3 is 15.2 Å². The number of benzene rings is 1. The molecule has 130 valence electrons. The van der Waals surface area contributed by atoms with Crippen molar-refractivity contribution in [2.24, 2.45) is 17.8 Å². The first-order valence-corrected chi connectivity index (χ1v) is 8.09. The quantitative estimate of drug-likeness (QED) is 0.692. The molecular formula is C18H28FNO3. The Hall–Kier alpha value is -1.62. The lowest BCUT2D eigenvalue weighted by molar-refractivity contribution is -0.142. The average Bonchev–Trinajstić information content (AvgIpc) is 2.45. The van der Waals surface area contributed by atoms with Crippen molar-refractivity contribution in [1.29, 1.82) is 0 Å². The third-order valence-electron chi connectivity index (χ3n) is 3.79. The highest BCUT2D eigenvalue weighted by atomic mass is 19.1. The van der Waals surface area contributed by atoms with Crippen LogP contribution < -0.4 is 10.1 Å². The summed E-state index contributed by atoms with van der Waals surface area (Å²) in [5.74, 6) is -0.573. The van der Waals surface area contributed by atoms with Gasteiger partial charge in [-0.3, -0.25) is 4.79 Å². The number of carboxylic acids is 1. The second-order valence-electron chi connectivity index (χ2n) is 6.60. The Morgan fingerprint density at radius 1 is 1.30 bits per heavy atom. The average molecular weight is 325 g/mol. The third kappa shape index (κ3) is 6.99. The van der Waals surface area contributed by atoms with Crippen LogP contribution in [-0.2, 0) is 11.2 Å². The highest BCUT2D eigenvalue weighted by Crippen LogP contribution is 2.19. The van der Waals surface area contributed by atoms with Gasteiger partial charge in [-0.15, -0.1) is 0 Å². The summed E-state index contributed by atoms with van der Waals surface area (Å²) in [5, 5.41) is 12.4. The van der Waals surface area contributed by atoms with E-state index in [4.69, 9.17) is 4.74 Å². The summed E-state index contributed by atoms with van der Waals surface area (Å²) < 4.78 is 18.6. The smallest absolute Gasteiger partial charge is 0.307 e. The van der Waals surface area contributed by atoms with Crippen LogP contribution in [-0.4, -0.2) is 31.3 Å². The van der Waals surface area contributed by atoms with Gasteiger partial charge in [-0.2, -0.15) is 0 Å². The van der Waals surface area contributed by atoms with E-state index in [0.717, 1.165) is 12.0 Å². The monoisotopic (exact) mass is 325 g/mol. The molecule has 0 amide bonds. The summed E-state index contributed by atoms with van der Waals surface area (Å²) in [4.78, 5) is 11.2. The van der Waals surface area contributed by atoms with Crippen molar-refractivity contribution in [1.82, 2.24) is 5.32 Å². The van der Waals surface area contributed by atoms with Crippen LogP contribution in [0.1, 0.15) is 32.8 Å². The minimum absolute atomic E-state index is 0.248. The summed E-state index contributed by atoms with van der Waals surface area (Å²) in [6.45, 7) is 7.28. The molecule has 0 aromatic heterocycles. The highest BCUT2D eigenvalue weighted by molar-refractivity contribution is 5.70. The number of halogens is 1. The number of hydrogen-bond acceptors (Lipinski definition) is 3. The Kier molecular flexibility index (Phi) is 8.03. The van der Waals surface area contributed by atoms with E-state index in [1.807, 2.05) is 19.9 Å². The van der Waals surface area contributed by atoms with Gasteiger partial charge in [0.15, 0.2) is 11.6 Å². The molecule has 1 rings (SSSR count). The minimum atomic E-state index is -0.754. The van der Waals surface area contributed by atoms with Crippen LogP contribution in [0.4, 0.5) is 4.39 Å². The molecule has 0 bridgehead atoms. The lowest BCUT2D eigenvalue weighted by atomic mass is 9.96. The van der Waals surface area contributed by atoms with Crippen LogP contribution in [0.5, 0.6) is 5.75 Å². The number of rotatable bonds is 10. The molecule has 2 atom stereocenters. The summed E-state index contributed by atoms with van der Waals surface area (Å²) in [5.41, 5.74) is 0.912. The molecule has 0 saturated carbocycles. The first kappa shape index (κ1) is 19.4. The van der Waals surface area contributed by atoms with E-state index in [2.05, 4.69) is 12.2 Å². The topological polar surface area (TPSA) is 58.6 Å². The van der Waals surface area contributed by atoms with Crippen LogP contribution in [0.3, 0.4) is 0 Å². The van der Waals surface area contributed by atoms with Gasteiger partial charge >= 0.3 is 5.97 Å². The van der Waals surface area contributed by atoms with Gasteiger partial charge in [0.05, 0.1) is 13.0 Å². The molecule has 1 aromatic carbocycles. The number of carboxylic acid groups (broad SMARTS) is 1. The summed E-state index contributed by atoms with van der Waals surface area (Å²) in [6, 6.07) is 4.99. The van der Waals surface area contributed by atoms with Gasteiger partial charge in [0.1, 0.15) is 0 Å². The van der Waals surface area contributed by atoms with E-state index in [1.54, 1.807) is 6.07 Å². The predicted octanol–water partition coefficient (Wildman–Crippen LogP) is 3.35. The number of nitrogens with one attached hydrogen (secondary N) is 1. The van der Waals surface area contributed by atoms with E-state index in [-0.39, 0.29) is 23.4 Å². The largest absolute Gasteiger partial charge is 0.494 e. The first-order valence-electron chi connectivity index (χ1n) is 8.09. The molecule has 23 heavy (non-hydrogen) atoms. The fourth-order valence-electron chi connectivity index (χ4n) is 2.66. The molecule has 0 saturated heterocycles. The molecule has 0 aliphatic rings. The van der Waals surface area contributed by atoms with Gasteiger partial charge in [-0.1, -0.05) is 26.8 Å². The number of hydrogen-bond donors (Lipinski definition) is 2. The number of ether oxygens (including phenoxy) is 1. The summed E-state index contributed by atoms with van der Waals surface area (Å²) in [7, 11) is 1.45. The van der Waals surface area contributed by atoms with E-state index >= 15 is 0 Å². The van der Waals surface area contributed by atoms with Crippen LogP contribution in [0.15, 0.2) is 18.2 Å². The predicted molar refractivity (Wildman–Crippen MR) is 89.3 cm³/mol. The fraction of sp³-hybridized carbons (Fsp3) is 0.611. The molecule has 0 radical (unpaired) electrons. The normalized spacial score (nSPS) is 13.8. The van der Waals surface area contributed by atoms with Crippen molar-refractivity contribution in [3.8, 4) is 5.75 Å². The standard InChI is InChI=1S/C18H28FNO3/c1-12(2)7-15(18(21)22)11-20-10-13(3)8-14-5-6-17(23-4)16(19)9-14/h5-6,9,12-13,15,20H,7-8,10-11H2,1-4H3,(H,21,22). The van der Waals surface area contributed by atoms with Crippen molar-refractivity contribution < 1.29 is 19.0 Å². The molecule has 0 aliphatic heterocycles. The van der Waals surface area contributed by atoms with Crippen molar-refractivity contribution in [2.75, 3.05) is 20.2 Å². The molecule has 0 spiro atoms. The van der Waals surface area contributed by atoms with Crippen molar-refractivity contribution >= 4 is 5.97 Å². The minimum Gasteiger partial charge on any atom is -0.494 e. The van der Waals surface area contributed by atoms with Crippen molar-refractivity contribution in [3.63, 3.8) is 0 Å². The molecule has 0 fully saturated rings. The molecule has 2 unspecified atom stereocenters. The van der Waals surface area contributed by atoms with Gasteiger partial charge in [0, 0.05) is 6.54 Å². The highest BCUT2D eigenvalue weighted by Gasteiger charge is 2.18. The number of carbonyl (C=O) groups is 1. The fourth-order valence-corrected chi connectivity index (χ4v) is 2.66.